The summed E-state index contributed by atoms with van der Waals surface area (Å²) < 4.78 is 0. The van der Waals surface area contributed by atoms with Gasteiger partial charge in [-0.3, -0.25) is 9.78 Å². The number of nitrogens with one attached hydrogen (secondary N) is 1. The summed E-state index contributed by atoms with van der Waals surface area (Å²) in [4.78, 5) is 16.2. The Hall–Kier alpha value is -1.07. The van der Waals surface area contributed by atoms with E-state index in [-0.39, 0.29) is 0 Å². The molecule has 0 aliphatic carbocycles. The van der Waals surface area contributed by atoms with Gasteiger partial charge in [-0.15, -0.1) is 11.8 Å². The molecule has 0 aliphatic rings. The third-order valence-electron chi connectivity index (χ3n) is 2.76. The highest BCUT2D eigenvalue weighted by Gasteiger charge is 2.30. The average molecular weight is 254 g/mol. The minimum Gasteiger partial charge on any atom is -0.480 e. The van der Waals surface area contributed by atoms with Crippen LogP contribution in [0.15, 0.2) is 29.4 Å². The predicted octanol–water partition coefficient (Wildman–Crippen LogP) is 2.02. The lowest BCUT2D eigenvalue weighted by atomic mass is 9.97. The fraction of sp³-hybridized carbons (Fsp3) is 0.500. The first-order chi connectivity index (χ1) is 8.08. The molecule has 2 N–H and O–H groups in total. The van der Waals surface area contributed by atoms with Crippen LogP contribution in [0, 0.1) is 0 Å². The minimum atomic E-state index is -0.821. The molecule has 1 heterocycles. The average Bonchev–Trinajstić information content (AvgIpc) is 2.35. The molecule has 1 aromatic rings. The Balaban J connectivity index is 2.31. The van der Waals surface area contributed by atoms with Crippen molar-refractivity contribution in [1.82, 2.24) is 10.3 Å². The Kier molecular flexibility index (Phi) is 5.44. The molecule has 94 valence electrons. The van der Waals surface area contributed by atoms with Gasteiger partial charge >= 0.3 is 5.97 Å². The Morgan fingerprint density at radius 3 is 2.71 bits per heavy atom. The van der Waals surface area contributed by atoms with E-state index in [2.05, 4.69) is 10.3 Å². The zero-order valence-electron chi connectivity index (χ0n) is 10.1. The highest BCUT2D eigenvalue weighted by atomic mass is 32.2. The molecule has 0 amide bonds. The number of aliphatic carboxylic acids is 1. The Morgan fingerprint density at radius 1 is 1.53 bits per heavy atom. The zero-order valence-corrected chi connectivity index (χ0v) is 11.0. The summed E-state index contributed by atoms with van der Waals surface area (Å²) in [5, 5.41) is 11.9. The first kappa shape index (κ1) is 14.0. The summed E-state index contributed by atoms with van der Waals surface area (Å²) in [5.74, 6) is 0.114. The number of aromatic nitrogens is 1. The van der Waals surface area contributed by atoms with E-state index in [4.69, 9.17) is 5.11 Å². The van der Waals surface area contributed by atoms with Crippen LogP contribution in [-0.2, 0) is 4.79 Å². The number of carboxylic acid groups (broad SMARTS) is 1. The number of rotatable bonds is 7. The van der Waals surface area contributed by atoms with E-state index in [0.717, 1.165) is 12.2 Å². The summed E-state index contributed by atoms with van der Waals surface area (Å²) in [7, 11) is 1.68. The number of carbonyl (C=O) groups is 1. The molecular formula is C12H18N2O2S. The third kappa shape index (κ3) is 4.36. The SMILES string of the molecule is CNC(C)(CCCSc1ccncc1)C(=O)O. The second-order valence-corrected chi connectivity index (χ2v) is 5.19. The smallest absolute Gasteiger partial charge is 0.323 e. The van der Waals surface area contributed by atoms with E-state index in [1.807, 2.05) is 12.1 Å². The molecular weight excluding hydrogens is 236 g/mol. The van der Waals surface area contributed by atoms with Crippen LogP contribution in [0.5, 0.6) is 0 Å². The van der Waals surface area contributed by atoms with E-state index in [1.54, 1.807) is 38.1 Å². The minimum absolute atomic E-state index is 0.622. The van der Waals surface area contributed by atoms with Gasteiger partial charge in [0.2, 0.25) is 0 Å². The fourth-order valence-electron chi connectivity index (χ4n) is 1.39. The molecule has 1 atom stereocenters. The van der Waals surface area contributed by atoms with Crippen LogP contribution >= 0.6 is 11.8 Å². The second kappa shape index (κ2) is 6.61. The molecule has 0 fully saturated rings. The summed E-state index contributed by atoms with van der Waals surface area (Å²) in [5.41, 5.74) is -0.821. The van der Waals surface area contributed by atoms with Gasteiger partial charge in [0.15, 0.2) is 0 Å². The number of carboxylic acids is 1. The topological polar surface area (TPSA) is 62.2 Å². The number of hydrogen-bond acceptors (Lipinski definition) is 4. The van der Waals surface area contributed by atoms with Crippen molar-refractivity contribution >= 4 is 17.7 Å². The maximum absolute atomic E-state index is 11.0. The summed E-state index contributed by atoms with van der Waals surface area (Å²) in [6, 6.07) is 3.91. The maximum atomic E-state index is 11.0. The molecule has 4 nitrogen and oxygen atoms in total. The summed E-state index contributed by atoms with van der Waals surface area (Å²) in [6.45, 7) is 1.71. The largest absolute Gasteiger partial charge is 0.480 e. The van der Waals surface area contributed by atoms with E-state index < -0.39 is 11.5 Å². The zero-order chi connectivity index (χ0) is 12.7. The third-order valence-corrected chi connectivity index (χ3v) is 3.86. The van der Waals surface area contributed by atoms with Crippen LogP contribution in [0.1, 0.15) is 19.8 Å². The van der Waals surface area contributed by atoms with Crippen molar-refractivity contribution in [2.75, 3.05) is 12.8 Å². The van der Waals surface area contributed by atoms with Crippen molar-refractivity contribution in [3.05, 3.63) is 24.5 Å². The first-order valence-corrected chi connectivity index (χ1v) is 6.52. The molecule has 1 rings (SSSR count). The normalized spacial score (nSPS) is 14.2. The van der Waals surface area contributed by atoms with Gasteiger partial charge in [-0.1, -0.05) is 0 Å². The van der Waals surface area contributed by atoms with Crippen molar-refractivity contribution in [3.63, 3.8) is 0 Å². The van der Waals surface area contributed by atoms with Crippen molar-refractivity contribution in [1.29, 1.82) is 0 Å². The summed E-state index contributed by atoms with van der Waals surface area (Å²) in [6.07, 6.45) is 5.00. The van der Waals surface area contributed by atoms with Crippen LogP contribution in [0.4, 0.5) is 0 Å². The van der Waals surface area contributed by atoms with Crippen LogP contribution in [0.25, 0.3) is 0 Å². The van der Waals surface area contributed by atoms with Gasteiger partial charge in [0.05, 0.1) is 0 Å². The monoisotopic (exact) mass is 254 g/mol. The molecule has 0 bridgehead atoms. The molecule has 0 saturated heterocycles. The number of nitrogens with zero attached hydrogens (tertiary/aromatic N) is 1. The van der Waals surface area contributed by atoms with Gasteiger partial charge in [-0.25, -0.2) is 0 Å². The van der Waals surface area contributed by atoms with Crippen LogP contribution in [0.2, 0.25) is 0 Å². The Bertz CT molecular complexity index is 359. The predicted molar refractivity (Wildman–Crippen MR) is 69.3 cm³/mol. The van der Waals surface area contributed by atoms with E-state index in [9.17, 15) is 4.79 Å². The van der Waals surface area contributed by atoms with Gasteiger partial charge < -0.3 is 10.4 Å². The number of hydrogen-bond donors (Lipinski definition) is 2. The lowest BCUT2D eigenvalue weighted by molar-refractivity contribution is -0.144. The van der Waals surface area contributed by atoms with Gasteiger partial charge in [-0.05, 0) is 44.7 Å². The Morgan fingerprint density at radius 2 is 2.18 bits per heavy atom. The van der Waals surface area contributed by atoms with Crippen LogP contribution < -0.4 is 5.32 Å². The second-order valence-electron chi connectivity index (χ2n) is 4.02. The van der Waals surface area contributed by atoms with E-state index in [1.165, 1.54) is 4.90 Å². The van der Waals surface area contributed by atoms with Crippen molar-refractivity contribution < 1.29 is 9.90 Å². The quantitative estimate of drug-likeness (QED) is 0.576. The number of thioether (sulfide) groups is 1. The summed E-state index contributed by atoms with van der Waals surface area (Å²) >= 11 is 1.72. The van der Waals surface area contributed by atoms with Crippen molar-refractivity contribution in [3.8, 4) is 0 Å². The lowest BCUT2D eigenvalue weighted by Gasteiger charge is -2.23. The number of pyridine rings is 1. The fourth-order valence-corrected chi connectivity index (χ4v) is 2.23. The van der Waals surface area contributed by atoms with Gasteiger partial charge in [0.25, 0.3) is 0 Å². The molecule has 1 unspecified atom stereocenters. The van der Waals surface area contributed by atoms with Gasteiger partial charge in [0, 0.05) is 17.3 Å². The van der Waals surface area contributed by atoms with Gasteiger partial charge in [-0.2, -0.15) is 0 Å². The Labute approximate surface area is 106 Å². The lowest BCUT2D eigenvalue weighted by Crippen LogP contribution is -2.47. The molecule has 0 radical (unpaired) electrons. The van der Waals surface area contributed by atoms with Crippen LogP contribution in [0.3, 0.4) is 0 Å². The molecule has 0 aliphatic heterocycles. The van der Waals surface area contributed by atoms with Crippen molar-refractivity contribution in [2.45, 2.75) is 30.2 Å². The van der Waals surface area contributed by atoms with Crippen LogP contribution in [-0.4, -0.2) is 34.4 Å². The molecule has 17 heavy (non-hydrogen) atoms. The van der Waals surface area contributed by atoms with Gasteiger partial charge in [0.1, 0.15) is 5.54 Å². The molecule has 0 spiro atoms. The van der Waals surface area contributed by atoms with E-state index in [0.29, 0.717) is 6.42 Å². The highest BCUT2D eigenvalue weighted by molar-refractivity contribution is 7.99. The standard InChI is InChI=1S/C12H18N2O2S/c1-12(13-2,11(15)16)6-3-9-17-10-4-7-14-8-5-10/h4-5,7-8,13H,3,6,9H2,1-2H3,(H,15,16). The van der Waals surface area contributed by atoms with Crippen molar-refractivity contribution in [2.24, 2.45) is 0 Å². The number of likely N-dealkylation sites (N-methyl/N-ethyl adjacent to an activating group) is 1. The maximum Gasteiger partial charge on any atom is 0.323 e. The first-order valence-electron chi connectivity index (χ1n) is 5.53. The van der Waals surface area contributed by atoms with E-state index >= 15 is 0 Å². The molecule has 5 heteroatoms. The molecule has 0 aromatic carbocycles. The molecule has 0 saturated carbocycles. The molecule has 1 aromatic heterocycles. The highest BCUT2D eigenvalue weighted by Crippen LogP contribution is 2.20.